The van der Waals surface area contributed by atoms with Crippen LogP contribution in [0.3, 0.4) is 0 Å². The molecule has 0 heterocycles. The van der Waals surface area contributed by atoms with Crippen molar-refractivity contribution >= 4 is 16.0 Å². The molecule has 84 valence electrons. The summed E-state index contributed by atoms with van der Waals surface area (Å²) in [6.07, 6.45) is 0. The molecule has 0 fully saturated rings. The van der Waals surface area contributed by atoms with Gasteiger partial charge in [0.15, 0.2) is 0 Å². The maximum atomic E-state index is 11.1. The second-order valence-corrected chi connectivity index (χ2v) is 4.51. The number of hydrogen-bond acceptors (Lipinski definition) is 5. The lowest BCUT2D eigenvalue weighted by atomic mass is 10.4. The van der Waals surface area contributed by atoms with E-state index in [-0.39, 0.29) is 6.61 Å². The SMILES string of the molecule is CCOC(=O)C(C)NS(=O)(=O)CCO. The summed E-state index contributed by atoms with van der Waals surface area (Å²) in [4.78, 5) is 11.0. The number of carbonyl (C=O) groups excluding carboxylic acids is 1. The first-order valence-corrected chi connectivity index (χ1v) is 5.85. The van der Waals surface area contributed by atoms with E-state index in [1.807, 2.05) is 0 Å². The Bertz CT molecular complexity index is 274. The number of esters is 1. The molecule has 0 aromatic carbocycles. The monoisotopic (exact) mass is 225 g/mol. The van der Waals surface area contributed by atoms with Crippen molar-refractivity contribution in [1.29, 1.82) is 0 Å². The van der Waals surface area contributed by atoms with E-state index in [4.69, 9.17) is 5.11 Å². The smallest absolute Gasteiger partial charge is 0.323 e. The zero-order valence-electron chi connectivity index (χ0n) is 8.19. The number of hydrogen-bond donors (Lipinski definition) is 2. The summed E-state index contributed by atoms with van der Waals surface area (Å²) in [5.74, 6) is -1.05. The Labute approximate surface area is 83.3 Å². The molecule has 0 radical (unpaired) electrons. The Morgan fingerprint density at radius 3 is 2.57 bits per heavy atom. The minimum atomic E-state index is -3.60. The van der Waals surface area contributed by atoms with E-state index < -0.39 is 34.4 Å². The van der Waals surface area contributed by atoms with Gasteiger partial charge < -0.3 is 9.84 Å². The van der Waals surface area contributed by atoms with Crippen molar-refractivity contribution < 1.29 is 23.1 Å². The van der Waals surface area contributed by atoms with E-state index in [9.17, 15) is 13.2 Å². The van der Waals surface area contributed by atoms with Gasteiger partial charge >= 0.3 is 5.97 Å². The summed E-state index contributed by atoms with van der Waals surface area (Å²) in [5.41, 5.74) is 0. The van der Waals surface area contributed by atoms with Crippen LogP contribution in [0.5, 0.6) is 0 Å². The van der Waals surface area contributed by atoms with E-state index in [0.29, 0.717) is 0 Å². The fourth-order valence-electron chi connectivity index (χ4n) is 0.764. The summed E-state index contributed by atoms with van der Waals surface area (Å²) in [6.45, 7) is 2.73. The third kappa shape index (κ3) is 5.15. The van der Waals surface area contributed by atoms with E-state index in [2.05, 4.69) is 9.46 Å². The lowest BCUT2D eigenvalue weighted by Gasteiger charge is -2.11. The highest BCUT2D eigenvalue weighted by Gasteiger charge is 2.20. The maximum Gasteiger partial charge on any atom is 0.323 e. The predicted octanol–water partition coefficient (Wildman–Crippen LogP) is -1.15. The minimum Gasteiger partial charge on any atom is -0.465 e. The molecule has 14 heavy (non-hydrogen) atoms. The first-order chi connectivity index (χ1) is 6.43. The molecule has 0 aliphatic rings. The molecule has 6 nitrogen and oxygen atoms in total. The van der Waals surface area contributed by atoms with Crippen molar-refractivity contribution in [3.05, 3.63) is 0 Å². The van der Waals surface area contributed by atoms with Crippen molar-refractivity contribution in [3.8, 4) is 0 Å². The molecule has 0 rings (SSSR count). The van der Waals surface area contributed by atoms with Crippen molar-refractivity contribution in [1.82, 2.24) is 4.72 Å². The van der Waals surface area contributed by atoms with Crippen molar-refractivity contribution in [2.75, 3.05) is 19.0 Å². The van der Waals surface area contributed by atoms with Crippen molar-refractivity contribution in [2.45, 2.75) is 19.9 Å². The van der Waals surface area contributed by atoms with Crippen LogP contribution in [0.4, 0.5) is 0 Å². The molecule has 0 aliphatic heterocycles. The standard InChI is InChI=1S/C7H15NO5S/c1-3-13-7(10)6(2)8-14(11,12)5-4-9/h6,8-9H,3-5H2,1-2H3. The number of carbonyl (C=O) groups is 1. The molecular formula is C7H15NO5S. The predicted molar refractivity (Wildman–Crippen MR) is 50.1 cm³/mol. The first kappa shape index (κ1) is 13.3. The largest absolute Gasteiger partial charge is 0.465 e. The molecule has 1 unspecified atom stereocenters. The molecule has 0 aromatic rings. The zero-order valence-corrected chi connectivity index (χ0v) is 9.00. The quantitative estimate of drug-likeness (QED) is 0.557. The Morgan fingerprint density at radius 2 is 2.14 bits per heavy atom. The second kappa shape index (κ2) is 5.94. The maximum absolute atomic E-state index is 11.1. The van der Waals surface area contributed by atoms with Crippen LogP contribution in [0.15, 0.2) is 0 Å². The molecule has 0 saturated carbocycles. The first-order valence-electron chi connectivity index (χ1n) is 4.20. The molecule has 2 N–H and O–H groups in total. The molecule has 0 spiro atoms. The summed E-state index contributed by atoms with van der Waals surface area (Å²) in [5, 5.41) is 8.42. The lowest BCUT2D eigenvalue weighted by Crippen LogP contribution is -2.41. The Kier molecular flexibility index (Phi) is 5.66. The van der Waals surface area contributed by atoms with Gasteiger partial charge in [-0.25, -0.2) is 13.1 Å². The summed E-state index contributed by atoms with van der Waals surface area (Å²) in [6, 6.07) is -0.925. The van der Waals surface area contributed by atoms with Crippen LogP contribution in [0.1, 0.15) is 13.8 Å². The van der Waals surface area contributed by atoms with Crippen LogP contribution in [-0.2, 0) is 19.6 Å². The van der Waals surface area contributed by atoms with E-state index >= 15 is 0 Å². The molecule has 0 aromatic heterocycles. The van der Waals surface area contributed by atoms with E-state index in [0.717, 1.165) is 0 Å². The van der Waals surface area contributed by atoms with Gasteiger partial charge in [0.05, 0.1) is 19.0 Å². The van der Waals surface area contributed by atoms with Gasteiger partial charge in [-0.3, -0.25) is 4.79 Å². The van der Waals surface area contributed by atoms with Gasteiger partial charge in [0.2, 0.25) is 10.0 Å². The van der Waals surface area contributed by atoms with Gasteiger partial charge in [-0.05, 0) is 13.8 Å². The molecule has 0 aliphatic carbocycles. The second-order valence-electron chi connectivity index (χ2n) is 2.63. The average molecular weight is 225 g/mol. The van der Waals surface area contributed by atoms with Gasteiger partial charge in [-0.15, -0.1) is 0 Å². The third-order valence-electron chi connectivity index (χ3n) is 1.36. The van der Waals surface area contributed by atoms with Crippen LogP contribution in [0.25, 0.3) is 0 Å². The Balaban J connectivity index is 4.17. The highest BCUT2D eigenvalue weighted by Crippen LogP contribution is 1.92. The number of rotatable bonds is 6. The Morgan fingerprint density at radius 1 is 1.57 bits per heavy atom. The van der Waals surface area contributed by atoms with Crippen LogP contribution in [0.2, 0.25) is 0 Å². The fraction of sp³-hybridized carbons (Fsp3) is 0.857. The third-order valence-corrected chi connectivity index (χ3v) is 2.79. The molecule has 0 amide bonds. The highest BCUT2D eigenvalue weighted by atomic mass is 32.2. The van der Waals surface area contributed by atoms with Crippen LogP contribution in [-0.4, -0.2) is 44.5 Å². The average Bonchev–Trinajstić information content (AvgIpc) is 2.03. The molecular weight excluding hydrogens is 210 g/mol. The lowest BCUT2D eigenvalue weighted by molar-refractivity contribution is -0.144. The van der Waals surface area contributed by atoms with Gasteiger partial charge in [-0.2, -0.15) is 0 Å². The van der Waals surface area contributed by atoms with Gasteiger partial charge in [0.25, 0.3) is 0 Å². The Hall–Kier alpha value is -0.660. The van der Waals surface area contributed by atoms with Gasteiger partial charge in [0.1, 0.15) is 6.04 Å². The normalized spacial score (nSPS) is 13.6. The van der Waals surface area contributed by atoms with E-state index in [1.54, 1.807) is 6.92 Å². The van der Waals surface area contributed by atoms with Crippen LogP contribution in [0, 0.1) is 0 Å². The van der Waals surface area contributed by atoms with Gasteiger partial charge in [-0.1, -0.05) is 0 Å². The van der Waals surface area contributed by atoms with Crippen molar-refractivity contribution in [2.24, 2.45) is 0 Å². The summed E-state index contributed by atoms with van der Waals surface area (Å²) >= 11 is 0. The zero-order chi connectivity index (χ0) is 11.2. The number of aliphatic hydroxyl groups excluding tert-OH is 1. The number of sulfonamides is 1. The van der Waals surface area contributed by atoms with E-state index in [1.165, 1.54) is 6.92 Å². The number of aliphatic hydroxyl groups is 1. The summed E-state index contributed by atoms with van der Waals surface area (Å²) < 4.78 is 28.8. The van der Waals surface area contributed by atoms with Gasteiger partial charge in [0, 0.05) is 0 Å². The van der Waals surface area contributed by atoms with Crippen LogP contribution >= 0.6 is 0 Å². The number of nitrogens with one attached hydrogen (secondary N) is 1. The number of ether oxygens (including phenoxy) is 1. The molecule has 0 bridgehead atoms. The topological polar surface area (TPSA) is 92.7 Å². The minimum absolute atomic E-state index is 0.199. The van der Waals surface area contributed by atoms with Crippen LogP contribution < -0.4 is 4.72 Å². The highest BCUT2D eigenvalue weighted by molar-refractivity contribution is 7.89. The van der Waals surface area contributed by atoms with Crippen molar-refractivity contribution in [3.63, 3.8) is 0 Å². The summed E-state index contributed by atoms with van der Waals surface area (Å²) in [7, 11) is -3.60. The molecule has 0 saturated heterocycles. The molecule has 1 atom stereocenters. The fourth-order valence-corrected chi connectivity index (χ4v) is 1.76. The molecule has 7 heteroatoms.